The Morgan fingerprint density at radius 2 is 2.13 bits per heavy atom. The Bertz CT molecular complexity index is 361. The maximum atomic E-state index is 12.2. The monoisotopic (exact) mass is 203 g/mol. The summed E-state index contributed by atoms with van der Waals surface area (Å²) in [5, 5.41) is 0. The zero-order valence-corrected chi connectivity index (χ0v) is 9.36. The average molecular weight is 203 g/mol. The number of likely N-dealkylation sites (tertiary alicyclic amines) is 1. The number of rotatable bonds is 1. The summed E-state index contributed by atoms with van der Waals surface area (Å²) in [5.41, 5.74) is 0.737. The standard InChI is InChI=1S/C13H17NO/c1-11-5-3-7-13(2,8-6-11)12(15)14-9-4-10-14/h3,5-8H,4,9-10H2,1-2H3. The van der Waals surface area contributed by atoms with E-state index in [2.05, 4.69) is 0 Å². The number of carbonyl (C=O) groups excluding carboxylic acids is 1. The van der Waals surface area contributed by atoms with Crippen LogP contribution in [0.25, 0.3) is 0 Å². The quantitative estimate of drug-likeness (QED) is 0.640. The molecule has 0 aromatic rings. The number of nitrogens with zero attached hydrogens (tertiary/aromatic N) is 1. The lowest BCUT2D eigenvalue weighted by molar-refractivity contribution is -0.140. The maximum Gasteiger partial charge on any atom is 0.236 e. The molecule has 2 aliphatic rings. The van der Waals surface area contributed by atoms with Crippen molar-refractivity contribution in [3.05, 3.63) is 36.0 Å². The first-order valence-corrected chi connectivity index (χ1v) is 5.46. The van der Waals surface area contributed by atoms with E-state index in [0.29, 0.717) is 0 Å². The van der Waals surface area contributed by atoms with Gasteiger partial charge in [-0.1, -0.05) is 36.0 Å². The van der Waals surface area contributed by atoms with Crippen LogP contribution in [0.3, 0.4) is 0 Å². The van der Waals surface area contributed by atoms with Crippen LogP contribution in [0.15, 0.2) is 36.0 Å². The predicted molar refractivity (Wildman–Crippen MR) is 61.3 cm³/mol. The molecule has 1 fully saturated rings. The van der Waals surface area contributed by atoms with Crippen molar-refractivity contribution in [3.63, 3.8) is 0 Å². The second kappa shape index (κ2) is 3.69. The molecule has 80 valence electrons. The highest BCUT2D eigenvalue weighted by atomic mass is 16.2. The molecule has 0 aromatic heterocycles. The molecule has 1 saturated heterocycles. The Kier molecular flexibility index (Phi) is 2.51. The van der Waals surface area contributed by atoms with Crippen LogP contribution in [0, 0.1) is 5.41 Å². The third kappa shape index (κ3) is 1.89. The van der Waals surface area contributed by atoms with Gasteiger partial charge in [0.15, 0.2) is 0 Å². The molecular formula is C13H17NO. The van der Waals surface area contributed by atoms with Crippen LogP contribution in [-0.2, 0) is 4.79 Å². The van der Waals surface area contributed by atoms with E-state index in [0.717, 1.165) is 19.5 Å². The van der Waals surface area contributed by atoms with Gasteiger partial charge in [-0.05, 0) is 20.3 Å². The normalized spacial score (nSPS) is 29.5. The van der Waals surface area contributed by atoms with Gasteiger partial charge in [0.1, 0.15) is 0 Å². The molecule has 0 radical (unpaired) electrons. The van der Waals surface area contributed by atoms with Gasteiger partial charge in [0.05, 0.1) is 5.41 Å². The van der Waals surface area contributed by atoms with Crippen LogP contribution in [0.4, 0.5) is 0 Å². The maximum absolute atomic E-state index is 12.2. The van der Waals surface area contributed by atoms with E-state index in [4.69, 9.17) is 0 Å². The molecule has 0 saturated carbocycles. The first-order valence-electron chi connectivity index (χ1n) is 5.46. The molecular weight excluding hydrogens is 186 g/mol. The van der Waals surface area contributed by atoms with Crippen LogP contribution in [0.2, 0.25) is 0 Å². The highest BCUT2D eigenvalue weighted by molar-refractivity contribution is 5.87. The van der Waals surface area contributed by atoms with Gasteiger partial charge in [-0.2, -0.15) is 0 Å². The molecule has 2 rings (SSSR count). The van der Waals surface area contributed by atoms with Gasteiger partial charge < -0.3 is 4.90 Å². The van der Waals surface area contributed by atoms with E-state index in [9.17, 15) is 4.79 Å². The molecule has 1 aliphatic heterocycles. The fourth-order valence-electron chi connectivity index (χ4n) is 1.82. The number of hydrogen-bond acceptors (Lipinski definition) is 1. The minimum atomic E-state index is -0.450. The number of allylic oxidation sites excluding steroid dienone is 4. The number of hydrogen-bond donors (Lipinski definition) is 0. The van der Waals surface area contributed by atoms with E-state index >= 15 is 0 Å². The van der Waals surface area contributed by atoms with Gasteiger partial charge in [0.2, 0.25) is 5.91 Å². The van der Waals surface area contributed by atoms with Crippen molar-refractivity contribution in [1.29, 1.82) is 0 Å². The van der Waals surface area contributed by atoms with Gasteiger partial charge in [-0.3, -0.25) is 4.79 Å². The lowest BCUT2D eigenvalue weighted by Crippen LogP contribution is -2.48. The highest BCUT2D eigenvalue weighted by Gasteiger charge is 2.34. The zero-order chi connectivity index (χ0) is 10.9. The van der Waals surface area contributed by atoms with Crippen LogP contribution in [-0.4, -0.2) is 23.9 Å². The molecule has 0 aromatic carbocycles. The minimum Gasteiger partial charge on any atom is -0.342 e. The van der Waals surface area contributed by atoms with Gasteiger partial charge in [0, 0.05) is 13.1 Å². The predicted octanol–water partition coefficient (Wildman–Crippen LogP) is 2.30. The Morgan fingerprint density at radius 3 is 2.73 bits per heavy atom. The van der Waals surface area contributed by atoms with E-state index in [-0.39, 0.29) is 5.91 Å². The summed E-state index contributed by atoms with van der Waals surface area (Å²) in [6.45, 7) is 5.86. The molecule has 1 aliphatic carbocycles. The summed E-state index contributed by atoms with van der Waals surface area (Å²) >= 11 is 0. The van der Waals surface area contributed by atoms with Crippen molar-refractivity contribution >= 4 is 5.91 Å². The molecule has 0 spiro atoms. The van der Waals surface area contributed by atoms with Crippen LogP contribution in [0.5, 0.6) is 0 Å². The summed E-state index contributed by atoms with van der Waals surface area (Å²) in [5.74, 6) is 0.226. The fourth-order valence-corrected chi connectivity index (χ4v) is 1.82. The molecule has 0 N–H and O–H groups in total. The molecule has 1 heterocycles. The van der Waals surface area contributed by atoms with Gasteiger partial charge >= 0.3 is 0 Å². The van der Waals surface area contributed by atoms with E-state index < -0.39 is 5.41 Å². The first kappa shape index (κ1) is 10.2. The lowest BCUT2D eigenvalue weighted by Gasteiger charge is -2.36. The van der Waals surface area contributed by atoms with E-state index in [1.807, 2.05) is 49.1 Å². The first-order chi connectivity index (χ1) is 7.12. The summed E-state index contributed by atoms with van der Waals surface area (Å²) in [6.07, 6.45) is 11.2. The van der Waals surface area contributed by atoms with Gasteiger partial charge in [-0.15, -0.1) is 0 Å². The summed E-state index contributed by atoms with van der Waals surface area (Å²) < 4.78 is 0. The second-order valence-corrected chi connectivity index (χ2v) is 4.53. The molecule has 0 bridgehead atoms. The molecule has 2 heteroatoms. The van der Waals surface area contributed by atoms with Crippen molar-refractivity contribution < 1.29 is 4.79 Å². The van der Waals surface area contributed by atoms with E-state index in [1.165, 1.54) is 5.57 Å². The molecule has 2 nitrogen and oxygen atoms in total. The van der Waals surface area contributed by atoms with Crippen molar-refractivity contribution in [2.45, 2.75) is 20.3 Å². The SMILES string of the molecule is CC1=CC=CC(C)(C(=O)N2CCC2)C=C1. The molecule has 1 amide bonds. The summed E-state index contributed by atoms with van der Waals surface area (Å²) in [6, 6.07) is 0. The van der Waals surface area contributed by atoms with Crippen LogP contribution < -0.4 is 0 Å². The van der Waals surface area contributed by atoms with Crippen LogP contribution >= 0.6 is 0 Å². The molecule has 1 atom stereocenters. The van der Waals surface area contributed by atoms with Crippen molar-refractivity contribution in [2.75, 3.05) is 13.1 Å². The fraction of sp³-hybridized carbons (Fsp3) is 0.462. The lowest BCUT2D eigenvalue weighted by atomic mass is 9.87. The Balaban J connectivity index is 2.19. The average Bonchev–Trinajstić information content (AvgIpc) is 2.27. The number of amides is 1. The van der Waals surface area contributed by atoms with Gasteiger partial charge in [0.25, 0.3) is 0 Å². The summed E-state index contributed by atoms with van der Waals surface area (Å²) in [4.78, 5) is 14.1. The molecule has 1 unspecified atom stereocenters. The Labute approximate surface area is 91.0 Å². The second-order valence-electron chi connectivity index (χ2n) is 4.53. The van der Waals surface area contributed by atoms with Crippen LogP contribution in [0.1, 0.15) is 20.3 Å². The highest BCUT2D eigenvalue weighted by Crippen LogP contribution is 2.28. The van der Waals surface area contributed by atoms with Crippen molar-refractivity contribution in [2.24, 2.45) is 5.41 Å². The smallest absolute Gasteiger partial charge is 0.236 e. The van der Waals surface area contributed by atoms with Crippen molar-refractivity contribution in [3.8, 4) is 0 Å². The topological polar surface area (TPSA) is 20.3 Å². The zero-order valence-electron chi connectivity index (χ0n) is 9.36. The Hall–Kier alpha value is -1.31. The third-order valence-electron chi connectivity index (χ3n) is 3.10. The largest absolute Gasteiger partial charge is 0.342 e. The summed E-state index contributed by atoms with van der Waals surface area (Å²) in [7, 11) is 0. The number of carbonyl (C=O) groups is 1. The minimum absolute atomic E-state index is 0.226. The van der Waals surface area contributed by atoms with Gasteiger partial charge in [-0.25, -0.2) is 0 Å². The van der Waals surface area contributed by atoms with E-state index in [1.54, 1.807) is 0 Å². The molecule has 15 heavy (non-hydrogen) atoms. The Morgan fingerprint density at radius 1 is 1.40 bits per heavy atom. The van der Waals surface area contributed by atoms with Crippen molar-refractivity contribution in [1.82, 2.24) is 4.90 Å². The third-order valence-corrected chi connectivity index (χ3v) is 3.10.